The number of hydrogen-bond donors (Lipinski definition) is 0. The van der Waals surface area contributed by atoms with Crippen LogP contribution in [-0.2, 0) is 11.3 Å². The molecule has 0 fully saturated rings. The van der Waals surface area contributed by atoms with Gasteiger partial charge >= 0.3 is 0 Å². The van der Waals surface area contributed by atoms with Gasteiger partial charge in [0.25, 0.3) is 0 Å². The summed E-state index contributed by atoms with van der Waals surface area (Å²) in [4.78, 5) is 14.5. The van der Waals surface area contributed by atoms with Gasteiger partial charge in [-0.2, -0.15) is 0 Å². The lowest BCUT2D eigenvalue weighted by atomic mass is 10.1. The molecular weight excluding hydrogens is 314 g/mol. The second-order valence-corrected chi connectivity index (χ2v) is 6.02. The van der Waals surface area contributed by atoms with E-state index < -0.39 is 0 Å². The van der Waals surface area contributed by atoms with E-state index in [4.69, 9.17) is 9.47 Å². The molecule has 0 unspecified atom stereocenters. The summed E-state index contributed by atoms with van der Waals surface area (Å²) in [5.41, 5.74) is 1.97. The highest BCUT2D eigenvalue weighted by atomic mass is 16.5. The van der Waals surface area contributed by atoms with Gasteiger partial charge in [-0.1, -0.05) is 30.3 Å². The van der Waals surface area contributed by atoms with E-state index in [0.717, 1.165) is 11.1 Å². The molecule has 0 saturated carbocycles. The van der Waals surface area contributed by atoms with Gasteiger partial charge in [0.15, 0.2) is 0 Å². The van der Waals surface area contributed by atoms with Crippen LogP contribution in [0.1, 0.15) is 25.0 Å². The van der Waals surface area contributed by atoms with Crippen LogP contribution in [0.25, 0.3) is 6.08 Å². The number of hydrogen-bond acceptors (Lipinski definition) is 3. The topological polar surface area (TPSA) is 38.8 Å². The Morgan fingerprint density at radius 1 is 1.04 bits per heavy atom. The Morgan fingerprint density at radius 3 is 2.16 bits per heavy atom. The van der Waals surface area contributed by atoms with Gasteiger partial charge in [-0.05, 0) is 43.2 Å². The lowest BCUT2D eigenvalue weighted by molar-refractivity contribution is -0.128. The SMILES string of the molecule is COc1cc(/C=C/C(=O)N(Cc2ccccc2)C(C)C)cc(OC)c1. The highest BCUT2D eigenvalue weighted by Crippen LogP contribution is 2.23. The van der Waals surface area contributed by atoms with Crippen LogP contribution in [0.2, 0.25) is 0 Å². The molecule has 0 aliphatic carbocycles. The lowest BCUT2D eigenvalue weighted by Gasteiger charge is -2.25. The van der Waals surface area contributed by atoms with Crippen LogP contribution in [0.4, 0.5) is 0 Å². The molecule has 0 aromatic heterocycles. The molecule has 4 heteroatoms. The molecule has 1 amide bonds. The largest absolute Gasteiger partial charge is 0.497 e. The molecule has 0 bridgehead atoms. The minimum atomic E-state index is -0.0272. The average molecular weight is 339 g/mol. The summed E-state index contributed by atoms with van der Waals surface area (Å²) in [6.45, 7) is 4.62. The summed E-state index contributed by atoms with van der Waals surface area (Å²) < 4.78 is 10.5. The number of carbonyl (C=O) groups excluding carboxylic acids is 1. The molecule has 25 heavy (non-hydrogen) atoms. The summed E-state index contributed by atoms with van der Waals surface area (Å²) in [6, 6.07) is 15.6. The fourth-order valence-corrected chi connectivity index (χ4v) is 2.48. The van der Waals surface area contributed by atoms with Gasteiger partial charge in [-0.15, -0.1) is 0 Å². The fraction of sp³-hybridized carbons (Fsp3) is 0.286. The highest BCUT2D eigenvalue weighted by Gasteiger charge is 2.14. The van der Waals surface area contributed by atoms with Crippen LogP contribution >= 0.6 is 0 Å². The number of nitrogens with zero attached hydrogens (tertiary/aromatic N) is 1. The third-order valence-corrected chi connectivity index (χ3v) is 3.89. The van der Waals surface area contributed by atoms with Crippen molar-refractivity contribution >= 4 is 12.0 Å². The molecule has 0 N–H and O–H groups in total. The Morgan fingerprint density at radius 2 is 1.64 bits per heavy atom. The number of benzene rings is 2. The number of rotatable bonds is 7. The van der Waals surface area contributed by atoms with E-state index in [1.807, 2.05) is 61.2 Å². The number of ether oxygens (including phenoxy) is 2. The van der Waals surface area contributed by atoms with Crippen molar-refractivity contribution in [1.29, 1.82) is 0 Å². The Kier molecular flexibility index (Phi) is 6.63. The zero-order valence-electron chi connectivity index (χ0n) is 15.2. The lowest BCUT2D eigenvalue weighted by Crippen LogP contribution is -2.35. The Hall–Kier alpha value is -2.75. The Bertz CT molecular complexity index is 701. The Labute approximate surface area is 149 Å². The van der Waals surface area contributed by atoms with Crippen molar-refractivity contribution in [2.24, 2.45) is 0 Å². The highest BCUT2D eigenvalue weighted by molar-refractivity contribution is 5.92. The summed E-state index contributed by atoms with van der Waals surface area (Å²) >= 11 is 0. The van der Waals surface area contributed by atoms with Gasteiger partial charge in [0, 0.05) is 24.7 Å². The van der Waals surface area contributed by atoms with Gasteiger partial charge < -0.3 is 14.4 Å². The molecule has 0 spiro atoms. The van der Waals surface area contributed by atoms with Gasteiger partial charge in [0.2, 0.25) is 5.91 Å². The van der Waals surface area contributed by atoms with Gasteiger partial charge in [-0.3, -0.25) is 4.79 Å². The van der Waals surface area contributed by atoms with Crippen molar-refractivity contribution in [3.8, 4) is 11.5 Å². The first kappa shape index (κ1) is 18.6. The third-order valence-electron chi connectivity index (χ3n) is 3.89. The molecule has 2 aromatic carbocycles. The second kappa shape index (κ2) is 8.92. The number of carbonyl (C=O) groups is 1. The summed E-state index contributed by atoms with van der Waals surface area (Å²) in [6.07, 6.45) is 3.38. The van der Waals surface area contributed by atoms with Crippen molar-refractivity contribution in [3.05, 3.63) is 65.7 Å². The zero-order valence-corrected chi connectivity index (χ0v) is 15.2. The first-order valence-corrected chi connectivity index (χ1v) is 8.29. The molecular formula is C21H25NO3. The van der Waals surface area contributed by atoms with Crippen LogP contribution in [0.3, 0.4) is 0 Å². The maximum absolute atomic E-state index is 12.6. The molecule has 0 heterocycles. The average Bonchev–Trinajstić information content (AvgIpc) is 2.64. The smallest absolute Gasteiger partial charge is 0.247 e. The van der Waals surface area contributed by atoms with Gasteiger partial charge in [0.1, 0.15) is 11.5 Å². The Balaban J connectivity index is 2.16. The van der Waals surface area contributed by atoms with E-state index in [2.05, 4.69) is 0 Å². The first-order valence-electron chi connectivity index (χ1n) is 8.29. The van der Waals surface area contributed by atoms with Gasteiger partial charge in [0.05, 0.1) is 14.2 Å². The number of amides is 1. The normalized spacial score (nSPS) is 10.9. The molecule has 0 aliphatic heterocycles. The summed E-state index contributed by atoms with van der Waals surface area (Å²) in [5.74, 6) is 1.36. The predicted octanol–water partition coefficient (Wildman–Crippen LogP) is 4.15. The minimum absolute atomic E-state index is 0.0272. The summed E-state index contributed by atoms with van der Waals surface area (Å²) in [5, 5.41) is 0. The quantitative estimate of drug-likeness (QED) is 0.711. The van der Waals surface area contributed by atoms with E-state index in [-0.39, 0.29) is 11.9 Å². The van der Waals surface area contributed by atoms with E-state index in [1.165, 1.54) is 0 Å². The van der Waals surface area contributed by atoms with Crippen LogP contribution in [0, 0.1) is 0 Å². The van der Waals surface area contributed by atoms with Crippen molar-refractivity contribution in [3.63, 3.8) is 0 Å². The monoisotopic (exact) mass is 339 g/mol. The van der Waals surface area contributed by atoms with E-state index in [1.54, 1.807) is 32.4 Å². The fourth-order valence-electron chi connectivity index (χ4n) is 2.48. The molecule has 0 radical (unpaired) electrons. The zero-order chi connectivity index (χ0) is 18.2. The van der Waals surface area contributed by atoms with Crippen LogP contribution in [0.5, 0.6) is 11.5 Å². The molecule has 0 atom stereocenters. The van der Waals surface area contributed by atoms with Crippen LogP contribution in [0.15, 0.2) is 54.6 Å². The second-order valence-electron chi connectivity index (χ2n) is 6.02. The predicted molar refractivity (Wildman–Crippen MR) is 101 cm³/mol. The van der Waals surface area contributed by atoms with Crippen molar-refractivity contribution in [2.45, 2.75) is 26.4 Å². The molecule has 2 aromatic rings. The van der Waals surface area contributed by atoms with Crippen LogP contribution < -0.4 is 9.47 Å². The van der Waals surface area contributed by atoms with Crippen LogP contribution in [-0.4, -0.2) is 31.1 Å². The van der Waals surface area contributed by atoms with Crippen molar-refractivity contribution in [1.82, 2.24) is 4.90 Å². The van der Waals surface area contributed by atoms with Crippen molar-refractivity contribution in [2.75, 3.05) is 14.2 Å². The molecule has 0 saturated heterocycles. The van der Waals surface area contributed by atoms with E-state index in [0.29, 0.717) is 18.0 Å². The first-order chi connectivity index (χ1) is 12.0. The molecule has 4 nitrogen and oxygen atoms in total. The van der Waals surface area contributed by atoms with Gasteiger partial charge in [-0.25, -0.2) is 0 Å². The molecule has 132 valence electrons. The van der Waals surface area contributed by atoms with E-state index in [9.17, 15) is 4.79 Å². The third kappa shape index (κ3) is 5.38. The number of methoxy groups -OCH3 is 2. The minimum Gasteiger partial charge on any atom is -0.497 e. The molecule has 0 aliphatic rings. The standard InChI is InChI=1S/C21H25NO3/c1-16(2)22(15-17-8-6-5-7-9-17)21(23)11-10-18-12-19(24-3)14-20(13-18)25-4/h5-14,16H,15H2,1-4H3/b11-10+. The summed E-state index contributed by atoms with van der Waals surface area (Å²) in [7, 11) is 3.21. The maximum Gasteiger partial charge on any atom is 0.247 e. The van der Waals surface area contributed by atoms with Crippen molar-refractivity contribution < 1.29 is 14.3 Å². The van der Waals surface area contributed by atoms with E-state index >= 15 is 0 Å². The molecule has 2 rings (SSSR count). The maximum atomic E-state index is 12.6.